The smallest absolute Gasteiger partial charge is 0.120 e. The number of nitrogens with two attached hydrogens (primary N) is 1. The minimum Gasteiger partial charge on any atom is -0.489 e. The summed E-state index contributed by atoms with van der Waals surface area (Å²) in [5.74, 6) is 0.925. The van der Waals surface area contributed by atoms with E-state index in [2.05, 4.69) is 19.1 Å². The summed E-state index contributed by atoms with van der Waals surface area (Å²) in [4.78, 5) is 0. The first-order valence-electron chi connectivity index (χ1n) is 6.22. The molecular weight excluding hydrogens is 198 g/mol. The predicted molar refractivity (Wildman–Crippen MR) is 73.0 cm³/mol. The summed E-state index contributed by atoms with van der Waals surface area (Å²) < 4.78 is 5.63. The monoisotopic (exact) mass is 225 g/mol. The highest BCUT2D eigenvalue weighted by atomic mass is 16.5. The van der Waals surface area contributed by atoms with Crippen LogP contribution in [-0.2, 0) is 6.42 Å². The standard InChI is InChI=1S/C12H19NO.C2H6.H2/c1-3-5-11-6-4-7-12(8-11)14-10(2)9-13;1-2;/h4,6-8,10H,3,5,9,13H2,1-2H3;1-2H3;1H/t10-;;/m1../s1. The van der Waals surface area contributed by atoms with E-state index in [0.717, 1.165) is 18.6 Å². The molecule has 0 aliphatic rings. The fourth-order valence-corrected chi connectivity index (χ4v) is 1.34. The van der Waals surface area contributed by atoms with Gasteiger partial charge < -0.3 is 10.5 Å². The molecule has 2 N–H and O–H groups in total. The summed E-state index contributed by atoms with van der Waals surface area (Å²) >= 11 is 0. The van der Waals surface area contributed by atoms with Crippen molar-refractivity contribution in [1.29, 1.82) is 0 Å². The van der Waals surface area contributed by atoms with Crippen molar-refractivity contribution >= 4 is 0 Å². The van der Waals surface area contributed by atoms with E-state index in [0.29, 0.717) is 6.54 Å². The second kappa shape index (κ2) is 9.22. The van der Waals surface area contributed by atoms with Gasteiger partial charge in [-0.05, 0) is 31.0 Å². The summed E-state index contributed by atoms with van der Waals surface area (Å²) in [7, 11) is 0. The van der Waals surface area contributed by atoms with Crippen LogP contribution in [-0.4, -0.2) is 12.6 Å². The summed E-state index contributed by atoms with van der Waals surface area (Å²) in [5, 5.41) is 0. The molecule has 0 aliphatic carbocycles. The van der Waals surface area contributed by atoms with Crippen LogP contribution in [0.1, 0.15) is 41.1 Å². The number of rotatable bonds is 5. The van der Waals surface area contributed by atoms with Crippen LogP contribution in [0, 0.1) is 0 Å². The minimum atomic E-state index is 0. The Kier molecular flexibility index (Phi) is 8.64. The van der Waals surface area contributed by atoms with Gasteiger partial charge in [-0.25, -0.2) is 0 Å². The van der Waals surface area contributed by atoms with E-state index in [4.69, 9.17) is 10.5 Å². The highest BCUT2D eigenvalue weighted by Gasteiger charge is 2.01. The molecule has 0 radical (unpaired) electrons. The van der Waals surface area contributed by atoms with Gasteiger partial charge in [-0.3, -0.25) is 0 Å². The lowest BCUT2D eigenvalue weighted by molar-refractivity contribution is 0.229. The van der Waals surface area contributed by atoms with E-state index in [1.165, 1.54) is 5.56 Å². The Bertz CT molecular complexity index is 279. The summed E-state index contributed by atoms with van der Waals surface area (Å²) in [6.07, 6.45) is 2.36. The van der Waals surface area contributed by atoms with Crippen LogP contribution in [0.2, 0.25) is 0 Å². The van der Waals surface area contributed by atoms with Crippen molar-refractivity contribution in [2.24, 2.45) is 5.73 Å². The molecule has 0 aliphatic heterocycles. The fourth-order valence-electron chi connectivity index (χ4n) is 1.34. The van der Waals surface area contributed by atoms with Gasteiger partial charge in [0.2, 0.25) is 0 Å². The maximum atomic E-state index is 5.63. The zero-order valence-electron chi connectivity index (χ0n) is 11.0. The van der Waals surface area contributed by atoms with Gasteiger partial charge in [0.15, 0.2) is 0 Å². The number of ether oxygens (including phenoxy) is 1. The first-order chi connectivity index (χ1) is 7.76. The largest absolute Gasteiger partial charge is 0.489 e. The Balaban J connectivity index is 0. The highest BCUT2D eigenvalue weighted by Crippen LogP contribution is 2.15. The molecule has 1 rings (SSSR count). The zero-order chi connectivity index (χ0) is 12.4. The van der Waals surface area contributed by atoms with Gasteiger partial charge in [0, 0.05) is 7.97 Å². The fraction of sp³-hybridized carbons (Fsp3) is 0.571. The quantitative estimate of drug-likeness (QED) is 0.830. The minimum absolute atomic E-state index is 0. The van der Waals surface area contributed by atoms with Crippen molar-refractivity contribution in [2.45, 2.75) is 46.6 Å². The van der Waals surface area contributed by atoms with Crippen molar-refractivity contribution < 1.29 is 6.16 Å². The van der Waals surface area contributed by atoms with Crippen LogP contribution in [0.4, 0.5) is 0 Å². The molecule has 94 valence electrons. The van der Waals surface area contributed by atoms with Crippen molar-refractivity contribution in [3.05, 3.63) is 29.8 Å². The van der Waals surface area contributed by atoms with Gasteiger partial charge in [0.05, 0.1) is 0 Å². The molecule has 0 saturated carbocycles. The molecule has 0 amide bonds. The van der Waals surface area contributed by atoms with Crippen molar-refractivity contribution in [3.63, 3.8) is 0 Å². The van der Waals surface area contributed by atoms with Crippen LogP contribution in [0.15, 0.2) is 24.3 Å². The first kappa shape index (κ1) is 15.0. The molecule has 2 nitrogen and oxygen atoms in total. The Morgan fingerprint density at radius 2 is 2.06 bits per heavy atom. The Hall–Kier alpha value is -1.02. The Labute approximate surface area is 101 Å². The molecule has 0 heterocycles. The van der Waals surface area contributed by atoms with Gasteiger partial charge in [-0.15, -0.1) is 0 Å². The SMILES string of the molecule is CC.CCCc1cccc(O[C@H](C)CN)c1.[HH]. The molecule has 1 aromatic rings. The number of aryl methyl sites for hydroxylation is 1. The summed E-state index contributed by atoms with van der Waals surface area (Å²) in [6.45, 7) is 8.71. The van der Waals surface area contributed by atoms with Crippen LogP contribution in [0.5, 0.6) is 5.75 Å². The average Bonchev–Trinajstić information content (AvgIpc) is 2.32. The molecule has 0 spiro atoms. The van der Waals surface area contributed by atoms with E-state index in [1.807, 2.05) is 32.9 Å². The summed E-state index contributed by atoms with van der Waals surface area (Å²) in [6, 6.07) is 8.23. The molecule has 1 aromatic carbocycles. The lowest BCUT2D eigenvalue weighted by atomic mass is 10.1. The van der Waals surface area contributed by atoms with Crippen LogP contribution >= 0.6 is 0 Å². The summed E-state index contributed by atoms with van der Waals surface area (Å²) in [5.41, 5.74) is 6.82. The third kappa shape index (κ3) is 5.76. The van der Waals surface area contributed by atoms with Crippen LogP contribution < -0.4 is 10.5 Å². The van der Waals surface area contributed by atoms with Gasteiger partial charge in [0.25, 0.3) is 0 Å². The second-order valence-corrected chi connectivity index (χ2v) is 3.56. The van der Waals surface area contributed by atoms with E-state index in [9.17, 15) is 0 Å². The molecule has 1 atom stereocenters. The third-order valence-corrected chi connectivity index (χ3v) is 2.11. The Morgan fingerprint density at radius 1 is 1.38 bits per heavy atom. The first-order valence-corrected chi connectivity index (χ1v) is 6.22. The lowest BCUT2D eigenvalue weighted by Crippen LogP contribution is -2.22. The predicted octanol–water partition coefficient (Wildman–Crippen LogP) is 3.64. The zero-order valence-corrected chi connectivity index (χ0v) is 11.0. The lowest BCUT2D eigenvalue weighted by Gasteiger charge is -2.13. The van der Waals surface area contributed by atoms with Crippen LogP contribution in [0.25, 0.3) is 0 Å². The molecule has 0 aromatic heterocycles. The normalized spacial score (nSPS) is 11.3. The maximum absolute atomic E-state index is 5.63. The van der Waals surface area contributed by atoms with E-state index >= 15 is 0 Å². The second-order valence-electron chi connectivity index (χ2n) is 3.56. The van der Waals surface area contributed by atoms with Crippen LogP contribution in [0.3, 0.4) is 0 Å². The molecule has 0 unspecified atom stereocenters. The number of hydrogen-bond donors (Lipinski definition) is 1. The van der Waals surface area contributed by atoms with Gasteiger partial charge >= 0.3 is 0 Å². The topological polar surface area (TPSA) is 35.2 Å². The van der Waals surface area contributed by atoms with E-state index < -0.39 is 0 Å². The van der Waals surface area contributed by atoms with Gasteiger partial charge in [0.1, 0.15) is 11.9 Å². The van der Waals surface area contributed by atoms with Crippen molar-refractivity contribution in [1.82, 2.24) is 0 Å². The van der Waals surface area contributed by atoms with Gasteiger partial charge in [-0.2, -0.15) is 0 Å². The number of benzene rings is 1. The molecule has 0 fully saturated rings. The molecule has 16 heavy (non-hydrogen) atoms. The number of hydrogen-bond acceptors (Lipinski definition) is 2. The molecule has 0 saturated heterocycles. The third-order valence-electron chi connectivity index (χ3n) is 2.11. The van der Waals surface area contributed by atoms with Crippen molar-refractivity contribution in [3.8, 4) is 5.75 Å². The molecular formula is C14H27NO. The maximum Gasteiger partial charge on any atom is 0.120 e. The van der Waals surface area contributed by atoms with Crippen molar-refractivity contribution in [2.75, 3.05) is 6.54 Å². The molecule has 2 heteroatoms. The highest BCUT2D eigenvalue weighted by molar-refractivity contribution is 5.28. The Morgan fingerprint density at radius 3 is 2.62 bits per heavy atom. The van der Waals surface area contributed by atoms with E-state index in [1.54, 1.807) is 0 Å². The average molecular weight is 225 g/mol. The van der Waals surface area contributed by atoms with Gasteiger partial charge in [-0.1, -0.05) is 39.3 Å². The van der Waals surface area contributed by atoms with E-state index in [-0.39, 0.29) is 7.53 Å². The molecule has 0 bridgehead atoms.